The van der Waals surface area contributed by atoms with Crippen LogP contribution >= 0.6 is 11.6 Å². The van der Waals surface area contributed by atoms with Gasteiger partial charge in [-0.1, -0.05) is 37.8 Å². The molecule has 1 amide bonds. The molecule has 0 unspecified atom stereocenters. The highest BCUT2D eigenvalue weighted by atomic mass is 35.5. The van der Waals surface area contributed by atoms with Crippen LogP contribution in [0.3, 0.4) is 0 Å². The fourth-order valence-corrected chi connectivity index (χ4v) is 1.83. The first-order valence-corrected chi connectivity index (χ1v) is 6.44. The molecule has 1 aromatic heterocycles. The highest BCUT2D eigenvalue weighted by Crippen LogP contribution is 2.13. The average Bonchev–Trinajstić information content (AvgIpc) is 2.28. The lowest BCUT2D eigenvalue weighted by Crippen LogP contribution is -2.25. The van der Waals surface area contributed by atoms with Gasteiger partial charge >= 0.3 is 0 Å². The number of halogens is 1. The summed E-state index contributed by atoms with van der Waals surface area (Å²) in [5, 5.41) is 3.13. The molecular formula is C13H19ClN2O. The highest BCUT2D eigenvalue weighted by Gasteiger charge is 2.10. The third kappa shape index (κ3) is 4.73. The molecule has 1 rings (SSSR count). The van der Waals surface area contributed by atoms with Crippen LogP contribution in [-0.2, 0) is 0 Å². The molecule has 0 spiro atoms. The van der Waals surface area contributed by atoms with Crippen molar-refractivity contribution < 1.29 is 4.79 Å². The molecule has 1 N–H and O–H groups in total. The van der Waals surface area contributed by atoms with Gasteiger partial charge in [-0.05, 0) is 25.5 Å². The van der Waals surface area contributed by atoms with E-state index < -0.39 is 0 Å². The van der Waals surface area contributed by atoms with Gasteiger partial charge in [-0.2, -0.15) is 0 Å². The minimum Gasteiger partial charge on any atom is -0.352 e. The first-order valence-electron chi connectivity index (χ1n) is 6.06. The topological polar surface area (TPSA) is 42.0 Å². The fourth-order valence-electron chi connectivity index (χ4n) is 1.54. The second-order valence-corrected chi connectivity index (χ2v) is 4.47. The highest BCUT2D eigenvalue weighted by molar-refractivity contribution is 6.32. The van der Waals surface area contributed by atoms with E-state index in [-0.39, 0.29) is 11.1 Å². The normalized spacial score (nSPS) is 10.3. The van der Waals surface area contributed by atoms with Gasteiger partial charge < -0.3 is 5.32 Å². The maximum atomic E-state index is 11.8. The van der Waals surface area contributed by atoms with Gasteiger partial charge in [0, 0.05) is 12.2 Å². The molecule has 0 radical (unpaired) electrons. The van der Waals surface area contributed by atoms with Gasteiger partial charge in [-0.15, -0.1) is 0 Å². The predicted octanol–water partition coefficient (Wildman–Crippen LogP) is 3.35. The Labute approximate surface area is 108 Å². The molecular weight excluding hydrogens is 236 g/mol. The third-order valence-electron chi connectivity index (χ3n) is 2.55. The summed E-state index contributed by atoms with van der Waals surface area (Å²) in [5.74, 6) is -0.140. The maximum absolute atomic E-state index is 11.8. The Kier molecular flexibility index (Phi) is 5.98. The van der Waals surface area contributed by atoms with Crippen LogP contribution in [0.15, 0.2) is 12.1 Å². The Hall–Kier alpha value is -1.09. The fraction of sp³-hybridized carbons (Fsp3) is 0.538. The number of aromatic nitrogens is 1. The van der Waals surface area contributed by atoms with Crippen LogP contribution in [0.25, 0.3) is 0 Å². The van der Waals surface area contributed by atoms with E-state index in [9.17, 15) is 4.79 Å². The van der Waals surface area contributed by atoms with Crippen LogP contribution in [-0.4, -0.2) is 17.4 Å². The van der Waals surface area contributed by atoms with Gasteiger partial charge in [0.1, 0.15) is 5.15 Å². The molecule has 0 fully saturated rings. The molecule has 0 aliphatic rings. The van der Waals surface area contributed by atoms with Crippen LogP contribution in [0.1, 0.15) is 48.7 Å². The van der Waals surface area contributed by atoms with Crippen molar-refractivity contribution in [1.82, 2.24) is 10.3 Å². The molecule has 0 aliphatic carbocycles. The van der Waals surface area contributed by atoms with Crippen LogP contribution in [0.4, 0.5) is 0 Å². The Morgan fingerprint density at radius 2 is 2.12 bits per heavy atom. The summed E-state index contributed by atoms with van der Waals surface area (Å²) in [4.78, 5) is 15.8. The van der Waals surface area contributed by atoms with Gasteiger partial charge in [-0.25, -0.2) is 4.98 Å². The van der Waals surface area contributed by atoms with Crippen molar-refractivity contribution >= 4 is 17.5 Å². The Bertz CT molecular complexity index is 380. The Morgan fingerprint density at radius 3 is 2.76 bits per heavy atom. The molecule has 4 heteroatoms. The zero-order chi connectivity index (χ0) is 12.7. The number of amides is 1. The van der Waals surface area contributed by atoms with Crippen molar-refractivity contribution in [3.63, 3.8) is 0 Å². The zero-order valence-corrected chi connectivity index (χ0v) is 11.2. The van der Waals surface area contributed by atoms with E-state index in [1.165, 1.54) is 12.8 Å². The second-order valence-electron chi connectivity index (χ2n) is 4.11. The molecule has 94 valence electrons. The summed E-state index contributed by atoms with van der Waals surface area (Å²) in [5.41, 5.74) is 1.27. The number of nitrogens with zero attached hydrogens (tertiary/aromatic N) is 1. The van der Waals surface area contributed by atoms with Crippen molar-refractivity contribution in [2.75, 3.05) is 6.54 Å². The van der Waals surface area contributed by atoms with Crippen molar-refractivity contribution in [3.8, 4) is 0 Å². The van der Waals surface area contributed by atoms with E-state index >= 15 is 0 Å². The lowest BCUT2D eigenvalue weighted by molar-refractivity contribution is 0.0952. The summed E-state index contributed by atoms with van der Waals surface area (Å²) in [6, 6.07) is 3.50. The van der Waals surface area contributed by atoms with Crippen molar-refractivity contribution in [1.29, 1.82) is 0 Å². The number of carbonyl (C=O) groups excluding carboxylic acids is 1. The van der Waals surface area contributed by atoms with Crippen LogP contribution < -0.4 is 5.32 Å². The minimum atomic E-state index is -0.140. The molecule has 0 saturated heterocycles. The Morgan fingerprint density at radius 1 is 1.35 bits per heavy atom. The van der Waals surface area contributed by atoms with Gasteiger partial charge in [0.2, 0.25) is 0 Å². The quantitative estimate of drug-likeness (QED) is 0.625. The standard InChI is InChI=1S/C13H19ClN2O/c1-3-4-5-6-9-15-13(17)11-8-7-10(2)16-12(11)14/h7-8H,3-6,9H2,1-2H3,(H,15,17). The molecule has 17 heavy (non-hydrogen) atoms. The van der Waals surface area contributed by atoms with E-state index in [1.807, 2.05) is 6.92 Å². The number of carbonyl (C=O) groups is 1. The van der Waals surface area contributed by atoms with E-state index in [0.717, 1.165) is 18.5 Å². The molecule has 0 aliphatic heterocycles. The first kappa shape index (κ1) is 14.0. The number of pyridine rings is 1. The molecule has 0 bridgehead atoms. The largest absolute Gasteiger partial charge is 0.352 e. The van der Waals surface area contributed by atoms with Crippen molar-refractivity contribution in [2.24, 2.45) is 0 Å². The molecule has 0 aromatic carbocycles. The van der Waals surface area contributed by atoms with E-state index in [4.69, 9.17) is 11.6 Å². The summed E-state index contributed by atoms with van der Waals surface area (Å²) in [7, 11) is 0. The zero-order valence-electron chi connectivity index (χ0n) is 10.4. The van der Waals surface area contributed by atoms with Gasteiger partial charge in [0.05, 0.1) is 5.56 Å². The molecule has 1 heterocycles. The van der Waals surface area contributed by atoms with E-state index in [2.05, 4.69) is 17.2 Å². The van der Waals surface area contributed by atoms with Crippen LogP contribution in [0.5, 0.6) is 0 Å². The van der Waals surface area contributed by atoms with Crippen LogP contribution in [0.2, 0.25) is 5.15 Å². The molecule has 0 saturated carbocycles. The number of hydrogen-bond acceptors (Lipinski definition) is 2. The lowest BCUT2D eigenvalue weighted by Gasteiger charge is -2.06. The second kappa shape index (κ2) is 7.28. The molecule has 0 atom stereocenters. The average molecular weight is 255 g/mol. The molecule has 1 aromatic rings. The Balaban J connectivity index is 2.42. The number of aryl methyl sites for hydroxylation is 1. The summed E-state index contributed by atoms with van der Waals surface area (Å²) in [6.45, 7) is 4.71. The van der Waals surface area contributed by atoms with E-state index in [1.54, 1.807) is 12.1 Å². The lowest BCUT2D eigenvalue weighted by atomic mass is 10.2. The number of nitrogens with one attached hydrogen (secondary N) is 1. The smallest absolute Gasteiger partial charge is 0.254 e. The SMILES string of the molecule is CCCCCCNC(=O)c1ccc(C)nc1Cl. The maximum Gasteiger partial charge on any atom is 0.254 e. The number of rotatable bonds is 6. The molecule has 3 nitrogen and oxygen atoms in total. The first-order chi connectivity index (χ1) is 8.15. The monoisotopic (exact) mass is 254 g/mol. The predicted molar refractivity (Wildman–Crippen MR) is 70.5 cm³/mol. The van der Waals surface area contributed by atoms with Crippen LogP contribution in [0, 0.1) is 6.92 Å². The summed E-state index contributed by atoms with van der Waals surface area (Å²) >= 11 is 5.91. The van der Waals surface area contributed by atoms with Gasteiger partial charge in [-0.3, -0.25) is 4.79 Å². The van der Waals surface area contributed by atoms with Crippen molar-refractivity contribution in [2.45, 2.75) is 39.5 Å². The van der Waals surface area contributed by atoms with Gasteiger partial charge in [0.15, 0.2) is 0 Å². The van der Waals surface area contributed by atoms with Gasteiger partial charge in [0.25, 0.3) is 5.91 Å². The minimum absolute atomic E-state index is 0.140. The van der Waals surface area contributed by atoms with Crippen molar-refractivity contribution in [3.05, 3.63) is 28.5 Å². The number of hydrogen-bond donors (Lipinski definition) is 1. The number of unbranched alkanes of at least 4 members (excludes halogenated alkanes) is 3. The summed E-state index contributed by atoms with van der Waals surface area (Å²) < 4.78 is 0. The van der Waals surface area contributed by atoms with E-state index in [0.29, 0.717) is 12.1 Å². The third-order valence-corrected chi connectivity index (χ3v) is 2.84. The summed E-state index contributed by atoms with van der Waals surface area (Å²) in [6.07, 6.45) is 4.57.